The number of carbonyl (C=O) groups is 1. The summed E-state index contributed by atoms with van der Waals surface area (Å²) in [6.07, 6.45) is 13.3. The maximum Gasteiger partial charge on any atom is 0.258 e. The molecule has 0 radical (unpaired) electrons. The molecule has 40 heavy (non-hydrogen) atoms. The van der Waals surface area contributed by atoms with Gasteiger partial charge < -0.3 is 19.1 Å². The first-order chi connectivity index (χ1) is 19.5. The molecular formula is C33H49N3O4. The summed E-state index contributed by atoms with van der Waals surface area (Å²) < 4.78 is 17.3. The van der Waals surface area contributed by atoms with Crippen molar-refractivity contribution in [2.75, 3.05) is 51.9 Å². The smallest absolute Gasteiger partial charge is 0.258 e. The topological polar surface area (TPSA) is 63.3 Å². The number of nitrogens with one attached hydrogen (secondary N) is 1. The summed E-state index contributed by atoms with van der Waals surface area (Å²) in [4.78, 5) is 15.1. The molecule has 2 aromatic carbocycles. The number of hydrogen-bond donors (Lipinski definition) is 1. The molecule has 3 rings (SSSR count). The Morgan fingerprint density at radius 2 is 1.52 bits per heavy atom. The molecule has 1 amide bonds. The monoisotopic (exact) mass is 551 g/mol. The van der Waals surface area contributed by atoms with Crippen molar-refractivity contribution in [2.24, 2.45) is 0 Å². The number of hydrazine groups is 1. The fraction of sp³-hybridized carbons (Fsp3) is 0.545. The number of methoxy groups -OCH3 is 2. The fourth-order valence-corrected chi connectivity index (χ4v) is 5.05. The van der Waals surface area contributed by atoms with Gasteiger partial charge in [-0.2, -0.15) is 0 Å². The van der Waals surface area contributed by atoms with Gasteiger partial charge in [-0.25, -0.2) is 5.01 Å². The molecule has 1 saturated heterocycles. The molecule has 0 unspecified atom stereocenters. The Kier molecular flexibility index (Phi) is 13.2. The van der Waals surface area contributed by atoms with Gasteiger partial charge in [0.15, 0.2) is 11.5 Å². The van der Waals surface area contributed by atoms with Gasteiger partial charge in [0, 0.05) is 37.9 Å². The summed E-state index contributed by atoms with van der Waals surface area (Å²) in [6, 6.07) is 10.2. The van der Waals surface area contributed by atoms with Gasteiger partial charge in [0.2, 0.25) is 5.75 Å². The Labute approximate surface area is 241 Å². The predicted octanol–water partition coefficient (Wildman–Crippen LogP) is 6.71. The van der Waals surface area contributed by atoms with Crippen molar-refractivity contribution < 1.29 is 19.0 Å². The summed E-state index contributed by atoms with van der Waals surface area (Å²) in [6.45, 7) is 10.4. The van der Waals surface area contributed by atoms with Gasteiger partial charge >= 0.3 is 0 Å². The van der Waals surface area contributed by atoms with E-state index in [1.165, 1.54) is 55.3 Å². The van der Waals surface area contributed by atoms with E-state index >= 15 is 0 Å². The predicted molar refractivity (Wildman–Crippen MR) is 165 cm³/mol. The molecule has 1 fully saturated rings. The van der Waals surface area contributed by atoms with Crippen molar-refractivity contribution in [3.8, 4) is 17.2 Å². The zero-order valence-corrected chi connectivity index (χ0v) is 25.3. The summed E-state index contributed by atoms with van der Waals surface area (Å²) >= 11 is 0. The van der Waals surface area contributed by atoms with Crippen molar-refractivity contribution >= 4 is 17.7 Å². The molecule has 0 aromatic heterocycles. The molecule has 7 nitrogen and oxygen atoms in total. The number of carbonyl (C=O) groups excluding carboxylic acids is 1. The van der Waals surface area contributed by atoms with Crippen LogP contribution >= 0.6 is 0 Å². The highest BCUT2D eigenvalue weighted by Gasteiger charge is 2.20. The Hall–Kier alpha value is -3.19. The van der Waals surface area contributed by atoms with Crippen molar-refractivity contribution in [3.63, 3.8) is 0 Å². The van der Waals surface area contributed by atoms with E-state index in [1.54, 1.807) is 26.4 Å². The third kappa shape index (κ3) is 9.47. The Morgan fingerprint density at radius 1 is 0.900 bits per heavy atom. The highest BCUT2D eigenvalue weighted by atomic mass is 16.5. The van der Waals surface area contributed by atoms with Crippen molar-refractivity contribution in [3.05, 3.63) is 53.1 Å². The molecule has 0 bridgehead atoms. The molecule has 0 atom stereocenters. The SMILES string of the molecule is CCCCCCCCCCOc1c(OC)cc(C=CC(=O)NN2CCN(c3cccc(C)c3C)CC2)cc1OC. The molecular weight excluding hydrogens is 502 g/mol. The third-order valence-electron chi connectivity index (χ3n) is 7.62. The number of hydrogen-bond acceptors (Lipinski definition) is 6. The minimum absolute atomic E-state index is 0.159. The number of benzene rings is 2. The normalized spacial score (nSPS) is 14.0. The highest BCUT2D eigenvalue weighted by molar-refractivity contribution is 5.91. The molecule has 0 aliphatic carbocycles. The van der Waals surface area contributed by atoms with Gasteiger partial charge in [0.25, 0.3) is 5.91 Å². The molecule has 0 spiro atoms. The van der Waals surface area contributed by atoms with Crippen LogP contribution in [0.15, 0.2) is 36.4 Å². The molecule has 1 aliphatic rings. The second kappa shape index (κ2) is 16.8. The van der Waals surface area contributed by atoms with Crippen LogP contribution in [0.5, 0.6) is 17.2 Å². The lowest BCUT2D eigenvalue weighted by molar-refractivity contribution is -0.121. The lowest BCUT2D eigenvalue weighted by Crippen LogP contribution is -2.53. The van der Waals surface area contributed by atoms with Crippen LogP contribution in [0.2, 0.25) is 0 Å². The molecule has 1 heterocycles. The second-order valence-corrected chi connectivity index (χ2v) is 10.6. The van der Waals surface area contributed by atoms with Crippen LogP contribution in [0.1, 0.15) is 75.0 Å². The fourth-order valence-electron chi connectivity index (χ4n) is 5.05. The minimum atomic E-state index is -0.159. The highest BCUT2D eigenvalue weighted by Crippen LogP contribution is 2.39. The second-order valence-electron chi connectivity index (χ2n) is 10.6. The summed E-state index contributed by atoms with van der Waals surface area (Å²) in [5.41, 5.74) is 7.71. The van der Waals surface area contributed by atoms with Crippen LogP contribution in [0, 0.1) is 13.8 Å². The van der Waals surface area contributed by atoms with E-state index in [0.29, 0.717) is 23.9 Å². The van der Waals surface area contributed by atoms with Crippen molar-refractivity contribution in [2.45, 2.75) is 72.1 Å². The Balaban J connectivity index is 1.48. The average Bonchev–Trinajstić information content (AvgIpc) is 2.97. The van der Waals surface area contributed by atoms with E-state index in [1.807, 2.05) is 17.1 Å². The van der Waals surface area contributed by atoms with E-state index in [9.17, 15) is 4.79 Å². The lowest BCUT2D eigenvalue weighted by atomic mass is 10.1. The molecule has 2 aromatic rings. The molecule has 220 valence electrons. The van der Waals surface area contributed by atoms with E-state index in [0.717, 1.165) is 44.6 Å². The van der Waals surface area contributed by atoms with E-state index in [-0.39, 0.29) is 5.91 Å². The van der Waals surface area contributed by atoms with Crippen LogP contribution in [0.4, 0.5) is 5.69 Å². The molecule has 1 N–H and O–H groups in total. The zero-order valence-electron chi connectivity index (χ0n) is 25.3. The van der Waals surface area contributed by atoms with Crippen LogP contribution in [-0.4, -0.2) is 57.9 Å². The standard InChI is InChI=1S/C33H49N3O4/c1-6-7-8-9-10-11-12-13-23-40-33-30(38-4)24-28(25-31(33)39-5)17-18-32(37)34-36-21-19-35(20-22-36)29-16-14-15-26(2)27(29)3/h14-18,24-25H,6-13,19-23H2,1-5H3,(H,34,37). The van der Waals surface area contributed by atoms with E-state index in [2.05, 4.69) is 49.3 Å². The van der Waals surface area contributed by atoms with Gasteiger partial charge in [-0.1, -0.05) is 64.0 Å². The number of aryl methyl sites for hydroxylation is 1. The maximum absolute atomic E-state index is 12.7. The number of nitrogens with zero attached hydrogens (tertiary/aromatic N) is 2. The summed E-state index contributed by atoms with van der Waals surface area (Å²) in [7, 11) is 3.24. The maximum atomic E-state index is 12.7. The van der Waals surface area contributed by atoms with E-state index in [4.69, 9.17) is 14.2 Å². The largest absolute Gasteiger partial charge is 0.493 e. The summed E-state index contributed by atoms with van der Waals surface area (Å²) in [5.74, 6) is 1.65. The first-order valence-electron chi connectivity index (χ1n) is 14.9. The number of rotatable bonds is 16. The molecule has 0 saturated carbocycles. The van der Waals surface area contributed by atoms with Crippen LogP contribution < -0.4 is 24.5 Å². The molecule has 1 aliphatic heterocycles. The lowest BCUT2D eigenvalue weighted by Gasteiger charge is -2.36. The first kappa shape index (κ1) is 31.3. The van der Waals surface area contributed by atoms with Crippen LogP contribution in [-0.2, 0) is 4.79 Å². The van der Waals surface area contributed by atoms with Crippen LogP contribution in [0.3, 0.4) is 0 Å². The summed E-state index contributed by atoms with van der Waals surface area (Å²) in [5, 5.41) is 1.98. The van der Waals surface area contributed by atoms with Gasteiger partial charge in [-0.3, -0.25) is 10.2 Å². The quantitative estimate of drug-likeness (QED) is 0.185. The Bertz CT molecular complexity index is 1070. The van der Waals surface area contributed by atoms with Gasteiger partial charge in [0.05, 0.1) is 20.8 Å². The number of piperazine rings is 1. The first-order valence-corrected chi connectivity index (χ1v) is 14.9. The van der Waals surface area contributed by atoms with Crippen LogP contribution in [0.25, 0.3) is 6.08 Å². The minimum Gasteiger partial charge on any atom is -0.493 e. The number of ether oxygens (including phenoxy) is 3. The van der Waals surface area contributed by atoms with Crippen molar-refractivity contribution in [1.82, 2.24) is 10.4 Å². The number of anilines is 1. The van der Waals surface area contributed by atoms with Crippen molar-refractivity contribution in [1.29, 1.82) is 0 Å². The van der Waals surface area contributed by atoms with Gasteiger partial charge in [-0.15, -0.1) is 0 Å². The van der Waals surface area contributed by atoms with Gasteiger partial charge in [-0.05, 0) is 61.2 Å². The van der Waals surface area contributed by atoms with E-state index < -0.39 is 0 Å². The number of unbranched alkanes of at least 4 members (excludes halogenated alkanes) is 7. The number of amides is 1. The van der Waals surface area contributed by atoms with Gasteiger partial charge in [0.1, 0.15) is 0 Å². The molecule has 7 heteroatoms. The third-order valence-corrected chi connectivity index (χ3v) is 7.62. The average molecular weight is 552 g/mol. The Morgan fingerprint density at radius 3 is 2.15 bits per heavy atom. The zero-order chi connectivity index (χ0) is 28.7.